The van der Waals surface area contributed by atoms with E-state index in [1.54, 1.807) is 14.0 Å². The molecule has 1 aromatic heterocycles. The molecule has 0 aliphatic carbocycles. The van der Waals surface area contributed by atoms with E-state index in [1.165, 1.54) is 0 Å². The molecular weight excluding hydrogens is 256 g/mol. The first-order valence-corrected chi connectivity index (χ1v) is 6.21. The van der Waals surface area contributed by atoms with Crippen LogP contribution in [0.3, 0.4) is 0 Å². The summed E-state index contributed by atoms with van der Waals surface area (Å²) >= 11 is 0. The summed E-state index contributed by atoms with van der Waals surface area (Å²) in [7, 11) is 1.64. The fourth-order valence-corrected chi connectivity index (χ4v) is 1.80. The molecular formula is C14H18N4O2. The van der Waals surface area contributed by atoms with E-state index in [9.17, 15) is 0 Å². The molecule has 0 aliphatic rings. The lowest BCUT2D eigenvalue weighted by atomic mass is 10.2. The van der Waals surface area contributed by atoms with E-state index in [2.05, 4.69) is 15.4 Å². The Morgan fingerprint density at radius 3 is 2.75 bits per heavy atom. The maximum atomic E-state index is 5.74. The number of rotatable bonds is 5. The third kappa shape index (κ3) is 3.16. The summed E-state index contributed by atoms with van der Waals surface area (Å²) in [6.45, 7) is 4.05. The molecule has 1 aromatic carbocycles. The monoisotopic (exact) mass is 274 g/mol. The second kappa shape index (κ2) is 6.21. The molecule has 0 spiro atoms. The topological polar surface area (TPSA) is 82.3 Å². The van der Waals surface area contributed by atoms with Crippen molar-refractivity contribution in [1.82, 2.24) is 9.97 Å². The first-order valence-electron chi connectivity index (χ1n) is 6.21. The van der Waals surface area contributed by atoms with Crippen LogP contribution in [-0.4, -0.2) is 17.1 Å². The highest BCUT2D eigenvalue weighted by Gasteiger charge is 2.09. The number of anilines is 1. The summed E-state index contributed by atoms with van der Waals surface area (Å²) in [6, 6.07) is 7.70. The van der Waals surface area contributed by atoms with Gasteiger partial charge in [0.1, 0.15) is 24.0 Å². The highest BCUT2D eigenvalue weighted by atomic mass is 16.5. The molecule has 0 bridgehead atoms. The highest BCUT2D eigenvalue weighted by molar-refractivity contribution is 5.47. The minimum absolute atomic E-state index is 0.401. The quantitative estimate of drug-likeness (QED) is 0.640. The largest absolute Gasteiger partial charge is 0.497 e. The van der Waals surface area contributed by atoms with Crippen molar-refractivity contribution >= 4 is 5.82 Å². The summed E-state index contributed by atoms with van der Waals surface area (Å²) < 4.78 is 10.9. The second-order valence-corrected chi connectivity index (χ2v) is 4.33. The molecule has 2 rings (SSSR count). The van der Waals surface area contributed by atoms with Crippen LogP contribution in [0.2, 0.25) is 0 Å². The van der Waals surface area contributed by atoms with E-state index in [4.69, 9.17) is 15.3 Å². The van der Waals surface area contributed by atoms with Crippen molar-refractivity contribution in [2.24, 2.45) is 5.84 Å². The number of aromatic nitrogens is 2. The van der Waals surface area contributed by atoms with Crippen molar-refractivity contribution in [1.29, 1.82) is 0 Å². The van der Waals surface area contributed by atoms with E-state index >= 15 is 0 Å². The Bertz CT molecular complexity index is 602. The number of hydrogen-bond donors (Lipinski definition) is 2. The van der Waals surface area contributed by atoms with Gasteiger partial charge in [-0.2, -0.15) is 4.98 Å². The second-order valence-electron chi connectivity index (χ2n) is 4.33. The van der Waals surface area contributed by atoms with Crippen LogP contribution >= 0.6 is 0 Å². The molecule has 20 heavy (non-hydrogen) atoms. The number of nitrogens with two attached hydrogens (primary N) is 1. The van der Waals surface area contributed by atoms with Crippen LogP contribution in [0.1, 0.15) is 17.0 Å². The fraction of sp³-hybridized carbons (Fsp3) is 0.286. The molecule has 106 valence electrons. The van der Waals surface area contributed by atoms with Gasteiger partial charge in [-0.05, 0) is 31.5 Å². The highest BCUT2D eigenvalue weighted by Crippen LogP contribution is 2.22. The molecule has 0 radical (unpaired) electrons. The van der Waals surface area contributed by atoms with Gasteiger partial charge >= 0.3 is 0 Å². The number of aryl methyl sites for hydroxylation is 1. The standard InChI is InChI=1S/C14H18N4O2/c1-9-13(18-15)16-10(2)17-14(9)20-8-11-5-4-6-12(7-11)19-3/h4-7H,8,15H2,1-3H3,(H,16,17,18). The van der Waals surface area contributed by atoms with Gasteiger partial charge in [-0.25, -0.2) is 10.8 Å². The van der Waals surface area contributed by atoms with Crippen LogP contribution in [0.4, 0.5) is 5.82 Å². The van der Waals surface area contributed by atoms with E-state index in [0.29, 0.717) is 24.1 Å². The third-order valence-electron chi connectivity index (χ3n) is 2.86. The van der Waals surface area contributed by atoms with Crippen molar-refractivity contribution in [2.75, 3.05) is 12.5 Å². The van der Waals surface area contributed by atoms with Gasteiger partial charge in [-0.15, -0.1) is 0 Å². The maximum absolute atomic E-state index is 5.74. The molecule has 2 aromatic rings. The first kappa shape index (κ1) is 14.1. The number of nitrogens with one attached hydrogen (secondary N) is 1. The molecule has 0 saturated heterocycles. The van der Waals surface area contributed by atoms with Crippen LogP contribution in [0.5, 0.6) is 11.6 Å². The summed E-state index contributed by atoms with van der Waals surface area (Å²) in [4.78, 5) is 8.47. The number of ether oxygens (including phenoxy) is 2. The molecule has 3 N–H and O–H groups in total. The predicted molar refractivity (Wildman–Crippen MR) is 76.6 cm³/mol. The molecule has 0 aliphatic heterocycles. The third-order valence-corrected chi connectivity index (χ3v) is 2.86. The van der Waals surface area contributed by atoms with Crippen molar-refractivity contribution in [3.8, 4) is 11.6 Å². The van der Waals surface area contributed by atoms with Crippen molar-refractivity contribution in [2.45, 2.75) is 20.5 Å². The first-order chi connectivity index (χ1) is 9.63. The molecule has 0 saturated carbocycles. The van der Waals surface area contributed by atoms with E-state index in [0.717, 1.165) is 16.9 Å². The van der Waals surface area contributed by atoms with Gasteiger partial charge in [0, 0.05) is 0 Å². The Kier molecular flexibility index (Phi) is 4.37. The minimum atomic E-state index is 0.401. The number of methoxy groups -OCH3 is 1. The van der Waals surface area contributed by atoms with Crippen molar-refractivity contribution in [3.63, 3.8) is 0 Å². The lowest BCUT2D eigenvalue weighted by Gasteiger charge is -2.12. The van der Waals surface area contributed by atoms with E-state index in [-0.39, 0.29) is 0 Å². The number of hydrogen-bond acceptors (Lipinski definition) is 6. The Morgan fingerprint density at radius 1 is 1.25 bits per heavy atom. The Morgan fingerprint density at radius 2 is 2.05 bits per heavy atom. The average Bonchev–Trinajstić information content (AvgIpc) is 2.48. The predicted octanol–water partition coefficient (Wildman–Crippen LogP) is 1.97. The van der Waals surface area contributed by atoms with Crippen LogP contribution in [0, 0.1) is 13.8 Å². The molecule has 0 atom stereocenters. The Labute approximate surface area is 117 Å². The summed E-state index contributed by atoms with van der Waals surface area (Å²) in [5.41, 5.74) is 4.32. The molecule has 0 amide bonds. The van der Waals surface area contributed by atoms with Gasteiger partial charge in [-0.3, -0.25) is 0 Å². The van der Waals surface area contributed by atoms with Gasteiger partial charge in [0.2, 0.25) is 5.88 Å². The Hall–Kier alpha value is -2.34. The molecule has 6 heteroatoms. The van der Waals surface area contributed by atoms with Crippen LogP contribution in [-0.2, 0) is 6.61 Å². The minimum Gasteiger partial charge on any atom is -0.497 e. The summed E-state index contributed by atoms with van der Waals surface area (Å²) in [5.74, 6) is 7.91. The maximum Gasteiger partial charge on any atom is 0.222 e. The molecule has 0 fully saturated rings. The molecule has 6 nitrogen and oxygen atoms in total. The summed E-state index contributed by atoms with van der Waals surface area (Å²) in [5, 5.41) is 0. The van der Waals surface area contributed by atoms with Crippen LogP contribution < -0.4 is 20.7 Å². The summed E-state index contributed by atoms with van der Waals surface area (Å²) in [6.07, 6.45) is 0. The van der Waals surface area contributed by atoms with Gasteiger partial charge in [-0.1, -0.05) is 12.1 Å². The Balaban J connectivity index is 2.16. The number of hydrazine groups is 1. The number of nitrogens with zero attached hydrogens (tertiary/aromatic N) is 2. The van der Waals surface area contributed by atoms with Crippen molar-refractivity contribution in [3.05, 3.63) is 41.2 Å². The SMILES string of the molecule is COc1cccc(COc2nc(C)nc(NN)c2C)c1. The lowest BCUT2D eigenvalue weighted by Crippen LogP contribution is -2.13. The van der Waals surface area contributed by atoms with Gasteiger partial charge in [0.25, 0.3) is 0 Å². The average molecular weight is 274 g/mol. The smallest absolute Gasteiger partial charge is 0.222 e. The van der Waals surface area contributed by atoms with E-state index in [1.807, 2.05) is 31.2 Å². The zero-order valence-electron chi connectivity index (χ0n) is 11.8. The number of nitrogen functional groups attached to an aromatic ring is 1. The zero-order valence-corrected chi connectivity index (χ0v) is 11.8. The fourth-order valence-electron chi connectivity index (χ4n) is 1.80. The van der Waals surface area contributed by atoms with Gasteiger partial charge < -0.3 is 14.9 Å². The zero-order chi connectivity index (χ0) is 14.5. The van der Waals surface area contributed by atoms with E-state index < -0.39 is 0 Å². The van der Waals surface area contributed by atoms with Crippen LogP contribution in [0.25, 0.3) is 0 Å². The normalized spacial score (nSPS) is 10.2. The van der Waals surface area contributed by atoms with Crippen molar-refractivity contribution < 1.29 is 9.47 Å². The lowest BCUT2D eigenvalue weighted by molar-refractivity contribution is 0.289. The molecule has 0 unspecified atom stereocenters. The number of benzene rings is 1. The van der Waals surface area contributed by atoms with Crippen LogP contribution in [0.15, 0.2) is 24.3 Å². The molecule has 1 heterocycles. The van der Waals surface area contributed by atoms with Gasteiger partial charge in [0.15, 0.2) is 0 Å². The van der Waals surface area contributed by atoms with Gasteiger partial charge in [0.05, 0.1) is 12.7 Å².